The van der Waals surface area contributed by atoms with E-state index in [0.717, 1.165) is 0 Å². The van der Waals surface area contributed by atoms with Crippen molar-refractivity contribution in [2.75, 3.05) is 6.54 Å². The Kier molecular flexibility index (Phi) is 12.6. The molecule has 0 bridgehead atoms. The first-order valence-corrected chi connectivity index (χ1v) is 12.9. The summed E-state index contributed by atoms with van der Waals surface area (Å²) in [6.45, 7) is 3.93. The van der Waals surface area contributed by atoms with E-state index >= 15 is 0 Å². The summed E-state index contributed by atoms with van der Waals surface area (Å²) in [5, 5.41) is 17.4. The zero-order valence-electron chi connectivity index (χ0n) is 22.6. The third-order valence-electron chi connectivity index (χ3n) is 6.34. The maximum absolute atomic E-state index is 13.4. The van der Waals surface area contributed by atoms with Crippen molar-refractivity contribution in [3.05, 3.63) is 36.4 Å². The first-order valence-electron chi connectivity index (χ1n) is 12.9. The summed E-state index contributed by atoms with van der Waals surface area (Å²) in [4.78, 5) is 68.6. The van der Waals surface area contributed by atoms with Crippen LogP contribution in [0.3, 0.4) is 0 Å². The summed E-state index contributed by atoms with van der Waals surface area (Å²) in [7, 11) is 0. The summed E-state index contributed by atoms with van der Waals surface area (Å²) in [5.41, 5.74) is 17.8. The highest BCUT2D eigenvalue weighted by Crippen LogP contribution is 2.08. The monoisotopic (exact) mass is 561 g/mol. The van der Waals surface area contributed by atoms with Gasteiger partial charge in [-0.2, -0.15) is 0 Å². The molecule has 0 saturated carbocycles. The molecular formula is C24H39N11O5. The number of carbonyl (C=O) groups is 4. The topological polar surface area (TPSA) is 272 Å². The second kappa shape index (κ2) is 15.8. The van der Waals surface area contributed by atoms with E-state index in [-0.39, 0.29) is 37.7 Å². The fourth-order valence-electron chi connectivity index (χ4n) is 3.74. The third kappa shape index (κ3) is 10.4. The normalized spacial score (nSPS) is 14.7. The second-order valence-corrected chi connectivity index (χ2v) is 9.44. The van der Waals surface area contributed by atoms with E-state index in [1.807, 2.05) is 13.8 Å². The van der Waals surface area contributed by atoms with Gasteiger partial charge in [0.25, 0.3) is 0 Å². The highest BCUT2D eigenvalue weighted by molar-refractivity contribution is 5.94. The van der Waals surface area contributed by atoms with Gasteiger partial charge in [-0.3, -0.25) is 19.4 Å². The van der Waals surface area contributed by atoms with Gasteiger partial charge in [-0.1, -0.05) is 20.3 Å². The van der Waals surface area contributed by atoms with Gasteiger partial charge in [0.05, 0.1) is 18.7 Å². The predicted octanol–water partition coefficient (Wildman–Crippen LogP) is -2.12. The van der Waals surface area contributed by atoms with Crippen LogP contribution in [-0.4, -0.2) is 85.4 Å². The van der Waals surface area contributed by atoms with E-state index in [0.29, 0.717) is 24.2 Å². The lowest BCUT2D eigenvalue weighted by Crippen LogP contribution is -2.58. The van der Waals surface area contributed by atoms with E-state index < -0.39 is 47.9 Å². The lowest BCUT2D eigenvalue weighted by Gasteiger charge is -2.26. The molecule has 5 unspecified atom stereocenters. The van der Waals surface area contributed by atoms with Crippen molar-refractivity contribution >= 4 is 29.7 Å². The van der Waals surface area contributed by atoms with Crippen molar-refractivity contribution in [1.29, 1.82) is 0 Å². The first-order chi connectivity index (χ1) is 19.0. The van der Waals surface area contributed by atoms with Crippen molar-refractivity contribution in [1.82, 2.24) is 35.9 Å². The SMILES string of the molecule is CCC(C)C(N)C(=O)NC(CCCN=C(N)N)C(=O)NC(Cc1cnc[nH]1)C(=O)NC(Cc1cnc[nH]1)C(=O)O. The number of hydrogen-bond donors (Lipinski definition) is 9. The van der Waals surface area contributed by atoms with Crippen LogP contribution < -0.4 is 33.2 Å². The summed E-state index contributed by atoms with van der Waals surface area (Å²) >= 11 is 0. The largest absolute Gasteiger partial charge is 0.480 e. The number of guanidine groups is 1. The zero-order valence-corrected chi connectivity index (χ0v) is 22.6. The molecule has 2 aromatic heterocycles. The quantitative estimate of drug-likeness (QED) is 0.0575. The number of nitrogens with two attached hydrogens (primary N) is 3. The van der Waals surface area contributed by atoms with Gasteiger partial charge in [0.15, 0.2) is 5.96 Å². The van der Waals surface area contributed by atoms with Gasteiger partial charge in [-0.15, -0.1) is 0 Å². The molecule has 0 aliphatic carbocycles. The van der Waals surface area contributed by atoms with Crippen molar-refractivity contribution in [2.24, 2.45) is 28.1 Å². The molecule has 0 radical (unpaired) electrons. The Morgan fingerprint density at radius 3 is 1.95 bits per heavy atom. The molecule has 220 valence electrons. The Morgan fingerprint density at radius 1 is 0.925 bits per heavy atom. The minimum atomic E-state index is -1.29. The number of H-pyrrole nitrogens is 2. The van der Waals surface area contributed by atoms with Crippen LogP contribution in [0.25, 0.3) is 0 Å². The fraction of sp³-hybridized carbons (Fsp3) is 0.542. The van der Waals surface area contributed by atoms with Gasteiger partial charge in [-0.05, 0) is 18.8 Å². The average Bonchev–Trinajstić information content (AvgIpc) is 3.62. The molecular weight excluding hydrogens is 522 g/mol. The molecule has 2 aromatic rings. The van der Waals surface area contributed by atoms with Crippen molar-refractivity contribution in [3.8, 4) is 0 Å². The molecule has 0 aliphatic rings. The Labute approximate surface area is 231 Å². The minimum Gasteiger partial charge on any atom is -0.480 e. The molecule has 0 saturated heterocycles. The van der Waals surface area contributed by atoms with Gasteiger partial charge < -0.3 is 48.2 Å². The summed E-state index contributed by atoms with van der Waals surface area (Å²) in [6.07, 6.45) is 6.81. The number of hydrogen-bond acceptors (Lipinski definition) is 8. The molecule has 0 aromatic carbocycles. The molecule has 2 heterocycles. The molecule has 12 N–H and O–H groups in total. The van der Waals surface area contributed by atoms with Crippen LogP contribution in [-0.2, 0) is 32.0 Å². The Balaban J connectivity index is 2.22. The van der Waals surface area contributed by atoms with Crippen LogP contribution in [0.2, 0.25) is 0 Å². The number of rotatable bonds is 17. The van der Waals surface area contributed by atoms with Crippen LogP contribution in [0.15, 0.2) is 30.0 Å². The molecule has 0 aliphatic heterocycles. The number of aliphatic carboxylic acids is 1. The number of aromatic nitrogens is 4. The van der Waals surface area contributed by atoms with Crippen LogP contribution >= 0.6 is 0 Å². The van der Waals surface area contributed by atoms with Crippen molar-refractivity contribution < 1.29 is 24.3 Å². The molecule has 0 spiro atoms. The van der Waals surface area contributed by atoms with E-state index in [1.165, 1.54) is 25.0 Å². The number of aromatic amines is 2. The molecule has 0 fully saturated rings. The molecule has 5 atom stereocenters. The summed E-state index contributed by atoms with van der Waals surface area (Å²) in [6, 6.07) is -4.40. The highest BCUT2D eigenvalue weighted by Gasteiger charge is 2.31. The van der Waals surface area contributed by atoms with Crippen LogP contribution in [0.1, 0.15) is 44.5 Å². The minimum absolute atomic E-state index is 0.0188. The van der Waals surface area contributed by atoms with Gasteiger partial charge in [0.2, 0.25) is 17.7 Å². The average molecular weight is 562 g/mol. The number of nitrogens with zero attached hydrogens (tertiary/aromatic N) is 3. The second-order valence-electron chi connectivity index (χ2n) is 9.44. The molecule has 16 heteroatoms. The lowest BCUT2D eigenvalue weighted by molar-refractivity contribution is -0.142. The number of carboxylic acid groups (broad SMARTS) is 1. The Hall–Kier alpha value is -4.47. The standard InChI is InChI=1S/C24H39N11O5/c1-3-13(2)19(25)22(38)33-16(5-4-6-30-24(26)27)20(36)34-17(7-14-9-28-11-31-14)21(37)35-18(23(39)40)8-15-10-29-12-32-15/h9-13,16-19H,3-8,25H2,1-2H3,(H,28,31)(H,29,32)(H,33,38)(H,34,36)(H,35,37)(H,39,40)(H4,26,27,30). The van der Waals surface area contributed by atoms with Gasteiger partial charge in [0, 0.05) is 43.2 Å². The fourth-order valence-corrected chi connectivity index (χ4v) is 3.74. The van der Waals surface area contributed by atoms with Crippen LogP contribution in [0, 0.1) is 5.92 Å². The van der Waals surface area contributed by atoms with Crippen LogP contribution in [0.5, 0.6) is 0 Å². The smallest absolute Gasteiger partial charge is 0.326 e. The predicted molar refractivity (Wildman–Crippen MR) is 145 cm³/mol. The maximum atomic E-state index is 13.4. The van der Waals surface area contributed by atoms with Crippen molar-refractivity contribution in [2.45, 2.75) is 70.1 Å². The first kappa shape index (κ1) is 31.7. The number of carboxylic acids is 1. The Morgan fingerprint density at radius 2 is 1.45 bits per heavy atom. The van der Waals surface area contributed by atoms with Gasteiger partial charge in [0.1, 0.15) is 18.1 Å². The number of carbonyl (C=O) groups excluding carboxylic acids is 3. The number of amides is 3. The summed E-state index contributed by atoms with van der Waals surface area (Å²) in [5.74, 6) is -3.42. The summed E-state index contributed by atoms with van der Waals surface area (Å²) < 4.78 is 0. The van der Waals surface area contributed by atoms with Gasteiger partial charge in [-0.25, -0.2) is 14.8 Å². The van der Waals surface area contributed by atoms with E-state index in [4.69, 9.17) is 17.2 Å². The maximum Gasteiger partial charge on any atom is 0.326 e. The van der Waals surface area contributed by atoms with E-state index in [1.54, 1.807) is 0 Å². The molecule has 2 rings (SSSR count). The van der Waals surface area contributed by atoms with Crippen molar-refractivity contribution in [3.63, 3.8) is 0 Å². The Bertz CT molecular complexity index is 1120. The van der Waals surface area contributed by atoms with E-state index in [2.05, 4.69) is 40.9 Å². The molecule has 40 heavy (non-hydrogen) atoms. The number of aliphatic imine (C=N–C) groups is 1. The zero-order chi connectivity index (χ0) is 29.7. The van der Waals surface area contributed by atoms with E-state index in [9.17, 15) is 24.3 Å². The van der Waals surface area contributed by atoms with Gasteiger partial charge >= 0.3 is 5.97 Å². The molecule has 16 nitrogen and oxygen atoms in total. The van der Waals surface area contributed by atoms with Crippen LogP contribution in [0.4, 0.5) is 0 Å². The number of imidazole rings is 2. The third-order valence-corrected chi connectivity index (χ3v) is 6.34. The highest BCUT2D eigenvalue weighted by atomic mass is 16.4. The number of nitrogens with one attached hydrogen (secondary N) is 5. The molecule has 3 amide bonds. The lowest BCUT2D eigenvalue weighted by atomic mass is 9.98.